The van der Waals surface area contributed by atoms with E-state index in [0.717, 1.165) is 12.8 Å². The Labute approximate surface area is 86.1 Å². The highest BCUT2D eigenvalue weighted by Gasteiger charge is 2.46. The average molecular weight is 218 g/mol. The maximum atomic E-state index is 11.8. The van der Waals surface area contributed by atoms with Gasteiger partial charge in [0.15, 0.2) is 9.84 Å². The van der Waals surface area contributed by atoms with E-state index >= 15 is 0 Å². The molecule has 0 aliphatic carbocycles. The molecule has 1 fully saturated rings. The van der Waals surface area contributed by atoms with Gasteiger partial charge >= 0.3 is 0 Å². The predicted molar refractivity (Wildman–Crippen MR) is 56.8 cm³/mol. The van der Waals surface area contributed by atoms with Gasteiger partial charge in [0.1, 0.15) is 11.4 Å². The van der Waals surface area contributed by atoms with Gasteiger partial charge in [0.05, 0.1) is 12.0 Å². The van der Waals surface area contributed by atoms with Crippen molar-refractivity contribution >= 4 is 9.84 Å². The van der Waals surface area contributed by atoms with Crippen LogP contribution in [0, 0.1) is 0 Å². The molecule has 1 unspecified atom stereocenters. The number of allylic oxidation sites excluding steroid dienone is 1. The molecular formula is C10H18O3S. The lowest BCUT2D eigenvalue weighted by atomic mass is 10.0. The summed E-state index contributed by atoms with van der Waals surface area (Å²) in [6.45, 7) is 4.07. The highest BCUT2D eigenvalue weighted by Crippen LogP contribution is 2.35. The quantitative estimate of drug-likeness (QED) is 0.677. The summed E-state index contributed by atoms with van der Waals surface area (Å²) >= 11 is 0. The second-order valence-electron chi connectivity index (χ2n) is 3.74. The van der Waals surface area contributed by atoms with Gasteiger partial charge in [-0.1, -0.05) is 13.0 Å². The van der Waals surface area contributed by atoms with Crippen molar-refractivity contribution in [3.63, 3.8) is 0 Å². The number of hydrogen-bond donors (Lipinski definition) is 0. The summed E-state index contributed by atoms with van der Waals surface area (Å²) in [6, 6.07) is 0. The van der Waals surface area contributed by atoms with Gasteiger partial charge in [-0.05, 0) is 26.2 Å². The highest BCUT2D eigenvalue weighted by molar-refractivity contribution is 7.93. The Morgan fingerprint density at radius 3 is 2.64 bits per heavy atom. The Morgan fingerprint density at radius 2 is 2.21 bits per heavy atom. The zero-order valence-corrected chi connectivity index (χ0v) is 9.64. The number of hydrogen-bond acceptors (Lipinski definition) is 3. The Morgan fingerprint density at radius 1 is 1.50 bits per heavy atom. The first-order chi connectivity index (χ1) is 6.58. The second-order valence-corrected chi connectivity index (χ2v) is 6.24. The average Bonchev–Trinajstić information content (AvgIpc) is 2.43. The molecule has 1 saturated heterocycles. The molecule has 1 heterocycles. The second kappa shape index (κ2) is 4.34. The summed E-state index contributed by atoms with van der Waals surface area (Å²) in [5.74, 6) is 0.319. The molecule has 3 nitrogen and oxygen atoms in total. The van der Waals surface area contributed by atoms with E-state index < -0.39 is 14.6 Å². The normalized spacial score (nSPS) is 31.0. The number of rotatable bonds is 4. The molecule has 4 heteroatoms. The molecule has 0 N–H and O–H groups in total. The maximum Gasteiger partial charge on any atom is 0.159 e. The van der Waals surface area contributed by atoms with E-state index in [0.29, 0.717) is 18.8 Å². The highest BCUT2D eigenvalue weighted by atomic mass is 32.2. The van der Waals surface area contributed by atoms with Gasteiger partial charge < -0.3 is 4.74 Å². The van der Waals surface area contributed by atoms with Gasteiger partial charge in [0, 0.05) is 0 Å². The van der Waals surface area contributed by atoms with Crippen molar-refractivity contribution in [2.24, 2.45) is 0 Å². The summed E-state index contributed by atoms with van der Waals surface area (Å²) in [5, 5.41) is 0. The fourth-order valence-electron chi connectivity index (χ4n) is 1.91. The Balaban J connectivity index is 2.76. The minimum atomic E-state index is -2.94. The third-order valence-corrected chi connectivity index (χ3v) is 5.68. The fraction of sp³-hybridized carbons (Fsp3) is 0.800. The molecule has 1 atom stereocenters. The molecule has 1 rings (SSSR count). The summed E-state index contributed by atoms with van der Waals surface area (Å²) in [7, 11) is -2.94. The van der Waals surface area contributed by atoms with Crippen molar-refractivity contribution in [2.45, 2.75) is 37.9 Å². The molecular weight excluding hydrogens is 200 g/mol. The summed E-state index contributed by atoms with van der Waals surface area (Å²) in [5.41, 5.74) is 0. The molecule has 0 radical (unpaired) electrons. The minimum absolute atomic E-state index is 0.302. The molecule has 0 amide bonds. The molecule has 82 valence electrons. The minimum Gasteiger partial charge on any atom is -0.500 e. The van der Waals surface area contributed by atoms with Crippen LogP contribution in [0.5, 0.6) is 0 Å². The first-order valence-electron chi connectivity index (χ1n) is 5.03. The van der Waals surface area contributed by atoms with Crippen LogP contribution in [-0.4, -0.2) is 25.5 Å². The molecule has 0 aromatic rings. The standard InChI is InChI=1S/C10H18O3S/c1-3-7-13-9-10(4-2)6-5-8-14(10,11)12/h3,7H,4-6,8-9H2,1-2H3/b7-3+. The van der Waals surface area contributed by atoms with Crippen LogP contribution in [0.25, 0.3) is 0 Å². The molecule has 1 aliphatic rings. The van der Waals surface area contributed by atoms with Gasteiger partial charge in [-0.3, -0.25) is 0 Å². The van der Waals surface area contributed by atoms with Crippen molar-refractivity contribution in [1.82, 2.24) is 0 Å². The molecule has 1 aliphatic heterocycles. The van der Waals surface area contributed by atoms with Gasteiger partial charge in [0.25, 0.3) is 0 Å². The van der Waals surface area contributed by atoms with Crippen molar-refractivity contribution in [3.05, 3.63) is 12.3 Å². The molecule has 0 saturated carbocycles. The third-order valence-electron chi connectivity index (χ3n) is 2.93. The van der Waals surface area contributed by atoms with Crippen LogP contribution in [-0.2, 0) is 14.6 Å². The van der Waals surface area contributed by atoms with Gasteiger partial charge in [-0.2, -0.15) is 0 Å². The smallest absolute Gasteiger partial charge is 0.159 e. The molecule has 0 spiro atoms. The Hall–Kier alpha value is -0.510. The summed E-state index contributed by atoms with van der Waals surface area (Å²) < 4.78 is 28.2. The van der Waals surface area contributed by atoms with Crippen LogP contribution in [0.4, 0.5) is 0 Å². The summed E-state index contributed by atoms with van der Waals surface area (Å²) in [4.78, 5) is 0. The maximum absolute atomic E-state index is 11.8. The van der Waals surface area contributed by atoms with Gasteiger partial charge in [-0.25, -0.2) is 8.42 Å². The van der Waals surface area contributed by atoms with E-state index in [9.17, 15) is 8.42 Å². The van der Waals surface area contributed by atoms with Crippen LogP contribution in [0.1, 0.15) is 33.1 Å². The molecule has 0 aromatic carbocycles. The number of sulfone groups is 1. The van der Waals surface area contributed by atoms with Crippen LogP contribution in [0.2, 0.25) is 0 Å². The van der Waals surface area contributed by atoms with Crippen LogP contribution < -0.4 is 0 Å². The number of ether oxygens (including phenoxy) is 1. The lowest BCUT2D eigenvalue weighted by molar-refractivity contribution is 0.201. The lowest BCUT2D eigenvalue weighted by Crippen LogP contribution is -2.38. The van der Waals surface area contributed by atoms with Gasteiger partial charge in [0.2, 0.25) is 0 Å². The summed E-state index contributed by atoms with van der Waals surface area (Å²) in [6.07, 6.45) is 5.49. The zero-order valence-electron chi connectivity index (χ0n) is 8.82. The Kier molecular flexibility index (Phi) is 3.59. The topological polar surface area (TPSA) is 43.4 Å². The first-order valence-corrected chi connectivity index (χ1v) is 6.68. The van der Waals surface area contributed by atoms with E-state index in [2.05, 4.69) is 0 Å². The van der Waals surface area contributed by atoms with Crippen LogP contribution in [0.3, 0.4) is 0 Å². The first kappa shape index (κ1) is 11.6. The van der Waals surface area contributed by atoms with E-state index in [4.69, 9.17) is 4.74 Å². The largest absolute Gasteiger partial charge is 0.500 e. The molecule has 14 heavy (non-hydrogen) atoms. The van der Waals surface area contributed by atoms with E-state index in [-0.39, 0.29) is 0 Å². The van der Waals surface area contributed by atoms with Crippen LogP contribution >= 0.6 is 0 Å². The fourth-order valence-corrected chi connectivity index (χ4v) is 4.01. The van der Waals surface area contributed by atoms with Crippen molar-refractivity contribution in [3.8, 4) is 0 Å². The van der Waals surface area contributed by atoms with Crippen molar-refractivity contribution in [1.29, 1.82) is 0 Å². The van der Waals surface area contributed by atoms with Crippen LogP contribution in [0.15, 0.2) is 12.3 Å². The van der Waals surface area contributed by atoms with E-state index in [1.54, 1.807) is 12.3 Å². The van der Waals surface area contributed by atoms with Crippen molar-refractivity contribution in [2.75, 3.05) is 12.4 Å². The zero-order chi connectivity index (χ0) is 10.7. The van der Waals surface area contributed by atoms with E-state index in [1.807, 2.05) is 13.8 Å². The molecule has 0 bridgehead atoms. The SMILES string of the molecule is C/C=C/OCC1(CC)CCCS1(=O)=O. The van der Waals surface area contributed by atoms with Crippen molar-refractivity contribution < 1.29 is 13.2 Å². The predicted octanol–water partition coefficient (Wildman–Crippen LogP) is 1.89. The monoisotopic (exact) mass is 218 g/mol. The van der Waals surface area contributed by atoms with Gasteiger partial charge in [-0.15, -0.1) is 0 Å². The molecule has 0 aromatic heterocycles. The van der Waals surface area contributed by atoms with E-state index in [1.165, 1.54) is 0 Å². The Bertz CT molecular complexity index is 305. The third kappa shape index (κ3) is 1.95. The lowest BCUT2D eigenvalue weighted by Gasteiger charge is -2.25.